The first-order valence-corrected chi connectivity index (χ1v) is 10.3. The normalized spacial score (nSPS) is 14.1. The lowest BCUT2D eigenvalue weighted by atomic mass is 10.0. The zero-order valence-electron chi connectivity index (χ0n) is 18.2. The number of nitrogens with zero attached hydrogens (tertiary/aromatic N) is 1. The van der Waals surface area contributed by atoms with Crippen molar-refractivity contribution < 1.29 is 19.1 Å². The van der Waals surface area contributed by atoms with Gasteiger partial charge in [0.05, 0.1) is 6.04 Å². The minimum Gasteiger partial charge on any atom is -0.478 e. The van der Waals surface area contributed by atoms with Crippen LogP contribution in [0.4, 0.5) is 0 Å². The number of fused-ring (bicyclic) bond motifs is 1. The van der Waals surface area contributed by atoms with E-state index in [-0.39, 0.29) is 12.1 Å². The molecule has 2 atom stereocenters. The standard InChI is InChI=1S/C24H30N2O4/c1-15(2)13-20(22-26-19-11-6-7-12-21(19)29-22)25-16(3)17-9-8-10-18(14-17)30-24(4,5)23(27)28/h6-12,14-16,20,25H,13H2,1-5H3,(H,27,28). The van der Waals surface area contributed by atoms with Gasteiger partial charge in [0.2, 0.25) is 5.89 Å². The number of aliphatic carboxylic acids is 1. The van der Waals surface area contributed by atoms with Crippen LogP contribution >= 0.6 is 0 Å². The fourth-order valence-corrected chi connectivity index (χ4v) is 3.33. The van der Waals surface area contributed by atoms with Crippen LogP contribution in [0.5, 0.6) is 5.75 Å². The van der Waals surface area contributed by atoms with Crippen molar-refractivity contribution in [3.63, 3.8) is 0 Å². The van der Waals surface area contributed by atoms with E-state index >= 15 is 0 Å². The van der Waals surface area contributed by atoms with Gasteiger partial charge in [-0.1, -0.05) is 38.1 Å². The number of hydrogen-bond acceptors (Lipinski definition) is 5. The molecule has 1 heterocycles. The monoisotopic (exact) mass is 410 g/mol. The second kappa shape index (κ2) is 8.88. The summed E-state index contributed by atoms with van der Waals surface area (Å²) in [6, 6.07) is 15.2. The van der Waals surface area contributed by atoms with E-state index in [1.165, 1.54) is 13.8 Å². The fraction of sp³-hybridized carbons (Fsp3) is 0.417. The largest absolute Gasteiger partial charge is 0.478 e. The molecule has 0 saturated carbocycles. The maximum Gasteiger partial charge on any atom is 0.347 e. The third-order valence-corrected chi connectivity index (χ3v) is 5.01. The molecule has 0 fully saturated rings. The number of aromatic nitrogens is 1. The Bertz CT molecular complexity index is 976. The van der Waals surface area contributed by atoms with E-state index in [0.29, 0.717) is 17.6 Å². The topological polar surface area (TPSA) is 84.6 Å². The van der Waals surface area contributed by atoms with Crippen LogP contribution < -0.4 is 10.1 Å². The molecule has 0 aliphatic heterocycles. The molecule has 0 aliphatic carbocycles. The number of carboxylic acids is 1. The van der Waals surface area contributed by atoms with E-state index in [1.807, 2.05) is 42.5 Å². The summed E-state index contributed by atoms with van der Waals surface area (Å²) in [6.07, 6.45) is 0.874. The van der Waals surface area contributed by atoms with Gasteiger partial charge in [-0.2, -0.15) is 0 Å². The third kappa shape index (κ3) is 5.19. The highest BCUT2D eigenvalue weighted by Crippen LogP contribution is 2.29. The minimum atomic E-state index is -1.30. The Morgan fingerprint density at radius 3 is 2.57 bits per heavy atom. The summed E-state index contributed by atoms with van der Waals surface area (Å²) in [7, 11) is 0. The molecule has 0 spiro atoms. The average Bonchev–Trinajstić information content (AvgIpc) is 3.11. The number of carbonyl (C=O) groups is 1. The van der Waals surface area contributed by atoms with Gasteiger partial charge in [-0.05, 0) is 62.9 Å². The molecule has 0 amide bonds. The Hall–Kier alpha value is -2.86. The second-order valence-corrected chi connectivity index (χ2v) is 8.58. The first kappa shape index (κ1) is 21.8. The molecule has 0 saturated heterocycles. The Balaban J connectivity index is 1.81. The van der Waals surface area contributed by atoms with Gasteiger partial charge < -0.3 is 14.3 Å². The van der Waals surface area contributed by atoms with Crippen LogP contribution in [0.2, 0.25) is 0 Å². The van der Waals surface area contributed by atoms with Gasteiger partial charge in [-0.3, -0.25) is 5.32 Å². The van der Waals surface area contributed by atoms with Gasteiger partial charge in [0, 0.05) is 6.04 Å². The van der Waals surface area contributed by atoms with Crippen LogP contribution in [0.3, 0.4) is 0 Å². The van der Waals surface area contributed by atoms with Crippen molar-refractivity contribution >= 4 is 17.1 Å². The highest BCUT2D eigenvalue weighted by Gasteiger charge is 2.29. The zero-order valence-corrected chi connectivity index (χ0v) is 18.2. The second-order valence-electron chi connectivity index (χ2n) is 8.58. The van der Waals surface area contributed by atoms with E-state index in [1.54, 1.807) is 6.07 Å². The summed E-state index contributed by atoms with van der Waals surface area (Å²) >= 11 is 0. The van der Waals surface area contributed by atoms with Gasteiger partial charge in [0.1, 0.15) is 11.3 Å². The van der Waals surface area contributed by atoms with Crippen molar-refractivity contribution in [1.82, 2.24) is 10.3 Å². The molecule has 0 bridgehead atoms. The lowest BCUT2D eigenvalue weighted by Gasteiger charge is -2.25. The number of hydrogen-bond donors (Lipinski definition) is 2. The molecule has 3 rings (SSSR count). The van der Waals surface area contributed by atoms with E-state index < -0.39 is 11.6 Å². The van der Waals surface area contributed by atoms with Crippen molar-refractivity contribution in [2.75, 3.05) is 0 Å². The van der Waals surface area contributed by atoms with Crippen LogP contribution in [0.15, 0.2) is 52.9 Å². The summed E-state index contributed by atoms with van der Waals surface area (Å²) in [4.78, 5) is 16.0. The van der Waals surface area contributed by atoms with Crippen LogP contribution in [-0.4, -0.2) is 21.7 Å². The van der Waals surface area contributed by atoms with Crippen molar-refractivity contribution in [3.8, 4) is 5.75 Å². The lowest BCUT2D eigenvalue weighted by molar-refractivity contribution is -0.152. The van der Waals surface area contributed by atoms with Crippen LogP contribution in [0.1, 0.15) is 64.6 Å². The summed E-state index contributed by atoms with van der Waals surface area (Å²) in [6.45, 7) is 9.48. The molecule has 2 unspecified atom stereocenters. The zero-order chi connectivity index (χ0) is 21.9. The minimum absolute atomic E-state index is 0.0137. The molecule has 6 heteroatoms. The first-order chi connectivity index (χ1) is 14.2. The van der Waals surface area contributed by atoms with Crippen LogP contribution in [0, 0.1) is 5.92 Å². The number of benzene rings is 2. The summed E-state index contributed by atoms with van der Waals surface area (Å²) < 4.78 is 11.7. The molecule has 6 nitrogen and oxygen atoms in total. The van der Waals surface area contributed by atoms with Gasteiger partial charge in [-0.25, -0.2) is 9.78 Å². The van der Waals surface area contributed by atoms with Crippen LogP contribution in [0.25, 0.3) is 11.1 Å². The fourth-order valence-electron chi connectivity index (χ4n) is 3.33. The predicted molar refractivity (Wildman–Crippen MR) is 117 cm³/mol. The van der Waals surface area contributed by atoms with Crippen molar-refractivity contribution in [2.45, 2.75) is 58.7 Å². The van der Waals surface area contributed by atoms with E-state index in [0.717, 1.165) is 23.1 Å². The Labute approximate surface area is 177 Å². The lowest BCUT2D eigenvalue weighted by Crippen LogP contribution is -2.37. The molecule has 0 aliphatic rings. The number of para-hydroxylation sites is 2. The van der Waals surface area contributed by atoms with Gasteiger partial charge in [0.15, 0.2) is 11.2 Å². The molecular formula is C24H30N2O4. The third-order valence-electron chi connectivity index (χ3n) is 5.01. The molecule has 0 radical (unpaired) electrons. The quantitative estimate of drug-likeness (QED) is 0.484. The van der Waals surface area contributed by atoms with Gasteiger partial charge in [-0.15, -0.1) is 0 Å². The molecule has 2 N–H and O–H groups in total. The highest BCUT2D eigenvalue weighted by atomic mass is 16.5. The van der Waals surface area contributed by atoms with Gasteiger partial charge >= 0.3 is 5.97 Å². The predicted octanol–water partition coefficient (Wildman–Crippen LogP) is 5.51. The molecule has 2 aromatic carbocycles. The van der Waals surface area contributed by atoms with Crippen LogP contribution in [-0.2, 0) is 4.79 Å². The molecule has 30 heavy (non-hydrogen) atoms. The molecule has 1 aromatic heterocycles. The number of ether oxygens (including phenoxy) is 1. The summed E-state index contributed by atoms with van der Waals surface area (Å²) in [5.41, 5.74) is 1.33. The number of rotatable bonds is 9. The van der Waals surface area contributed by atoms with E-state index in [2.05, 4.69) is 31.1 Å². The molecular weight excluding hydrogens is 380 g/mol. The Kier molecular flexibility index (Phi) is 6.46. The Morgan fingerprint density at radius 2 is 1.90 bits per heavy atom. The Morgan fingerprint density at radius 1 is 1.17 bits per heavy atom. The molecule has 160 valence electrons. The summed E-state index contributed by atoms with van der Waals surface area (Å²) in [5, 5.41) is 12.9. The number of nitrogens with one attached hydrogen (secondary N) is 1. The van der Waals surface area contributed by atoms with E-state index in [4.69, 9.17) is 9.15 Å². The molecule has 3 aromatic rings. The maximum atomic E-state index is 11.4. The maximum absolute atomic E-state index is 11.4. The number of oxazole rings is 1. The van der Waals surface area contributed by atoms with Crippen molar-refractivity contribution in [2.24, 2.45) is 5.92 Å². The SMILES string of the molecule is CC(C)CC(NC(C)c1cccc(OC(C)(C)C(=O)O)c1)c1nc2ccccc2o1. The van der Waals surface area contributed by atoms with Gasteiger partial charge in [0.25, 0.3) is 0 Å². The average molecular weight is 411 g/mol. The van der Waals surface area contributed by atoms with Crippen molar-refractivity contribution in [3.05, 3.63) is 60.0 Å². The van der Waals surface area contributed by atoms with Crippen molar-refractivity contribution in [1.29, 1.82) is 0 Å². The van der Waals surface area contributed by atoms with E-state index in [9.17, 15) is 9.90 Å². The number of carboxylic acid groups (broad SMARTS) is 1. The smallest absolute Gasteiger partial charge is 0.347 e. The summed E-state index contributed by atoms with van der Waals surface area (Å²) in [5.74, 6) is 0.648. The first-order valence-electron chi connectivity index (χ1n) is 10.3. The highest BCUT2D eigenvalue weighted by molar-refractivity contribution is 5.76.